The summed E-state index contributed by atoms with van der Waals surface area (Å²) in [7, 11) is 1.29. The van der Waals surface area contributed by atoms with Crippen LogP contribution in [0.25, 0.3) is 11.1 Å². The fraction of sp³-hybridized carbons (Fsp3) is 0.0714. The number of phenols is 1. The summed E-state index contributed by atoms with van der Waals surface area (Å²) < 4.78 is 4.66. The highest BCUT2D eigenvalue weighted by Crippen LogP contribution is 2.31. The Kier molecular flexibility index (Phi) is 3.98. The molecule has 2 rings (SSSR count). The first-order valence-electron chi connectivity index (χ1n) is 5.39. The number of benzene rings is 2. The maximum Gasteiger partial charge on any atom is 0.339 e. The van der Waals surface area contributed by atoms with Gasteiger partial charge in [-0.25, -0.2) is 4.79 Å². The highest BCUT2D eigenvalue weighted by Gasteiger charge is 2.12. The third-order valence-corrected chi connectivity index (χ3v) is 3.29. The lowest BCUT2D eigenvalue weighted by molar-refractivity contribution is 0.0601. The minimum absolute atomic E-state index is 0.00701. The highest BCUT2D eigenvalue weighted by atomic mass is 35.5. The van der Waals surface area contributed by atoms with Gasteiger partial charge in [0.25, 0.3) is 0 Å². The molecule has 0 atom stereocenters. The van der Waals surface area contributed by atoms with Gasteiger partial charge in [-0.15, -0.1) is 0 Å². The van der Waals surface area contributed by atoms with Crippen molar-refractivity contribution >= 4 is 29.2 Å². The number of esters is 1. The molecule has 0 heterocycles. The van der Waals surface area contributed by atoms with Crippen LogP contribution in [-0.4, -0.2) is 18.2 Å². The van der Waals surface area contributed by atoms with Crippen molar-refractivity contribution in [1.29, 1.82) is 0 Å². The molecule has 0 aliphatic heterocycles. The Morgan fingerprint density at radius 3 is 2.32 bits per heavy atom. The molecule has 0 aliphatic rings. The Labute approximate surface area is 120 Å². The predicted octanol–water partition coefficient (Wildman–Crippen LogP) is 4.15. The summed E-state index contributed by atoms with van der Waals surface area (Å²) in [6, 6.07) is 9.80. The second-order valence-electron chi connectivity index (χ2n) is 3.85. The van der Waals surface area contributed by atoms with Crippen molar-refractivity contribution in [3.8, 4) is 16.9 Å². The smallest absolute Gasteiger partial charge is 0.339 e. The van der Waals surface area contributed by atoms with Crippen LogP contribution in [0.5, 0.6) is 5.75 Å². The van der Waals surface area contributed by atoms with Gasteiger partial charge in [-0.05, 0) is 35.4 Å². The summed E-state index contributed by atoms with van der Waals surface area (Å²) in [4.78, 5) is 11.6. The lowest BCUT2D eigenvalue weighted by Gasteiger charge is -2.07. The summed E-state index contributed by atoms with van der Waals surface area (Å²) in [5, 5.41) is 9.95. The SMILES string of the molecule is COC(=O)c1cc(-c2ccc(O)c(Cl)c2)ccc1Cl. The number of carbonyl (C=O) groups excluding carboxylic acids is 1. The van der Waals surface area contributed by atoms with E-state index in [2.05, 4.69) is 4.74 Å². The van der Waals surface area contributed by atoms with Crippen LogP contribution in [0.15, 0.2) is 36.4 Å². The number of halogens is 2. The van der Waals surface area contributed by atoms with Gasteiger partial charge in [-0.1, -0.05) is 35.3 Å². The molecular formula is C14H10Cl2O3. The van der Waals surface area contributed by atoms with Crippen LogP contribution in [0.3, 0.4) is 0 Å². The molecule has 2 aromatic carbocycles. The second kappa shape index (κ2) is 5.51. The zero-order chi connectivity index (χ0) is 14.0. The van der Waals surface area contributed by atoms with Gasteiger partial charge in [0.05, 0.1) is 22.7 Å². The van der Waals surface area contributed by atoms with E-state index >= 15 is 0 Å². The van der Waals surface area contributed by atoms with E-state index in [1.54, 1.807) is 30.3 Å². The molecule has 19 heavy (non-hydrogen) atoms. The van der Waals surface area contributed by atoms with Crippen LogP contribution in [0.2, 0.25) is 10.0 Å². The van der Waals surface area contributed by atoms with Gasteiger partial charge >= 0.3 is 5.97 Å². The fourth-order valence-electron chi connectivity index (χ4n) is 1.66. The molecule has 0 unspecified atom stereocenters. The molecule has 5 heteroatoms. The average molecular weight is 297 g/mol. The van der Waals surface area contributed by atoms with E-state index in [0.717, 1.165) is 11.1 Å². The molecule has 3 nitrogen and oxygen atoms in total. The number of aromatic hydroxyl groups is 1. The van der Waals surface area contributed by atoms with Crippen molar-refractivity contribution in [3.05, 3.63) is 52.0 Å². The van der Waals surface area contributed by atoms with Crippen LogP contribution in [0.4, 0.5) is 0 Å². The van der Waals surface area contributed by atoms with Crippen molar-refractivity contribution in [2.75, 3.05) is 7.11 Å². The number of carbonyl (C=O) groups is 1. The zero-order valence-electron chi connectivity index (χ0n) is 9.98. The van der Waals surface area contributed by atoms with Crippen molar-refractivity contribution in [1.82, 2.24) is 0 Å². The standard InChI is InChI=1S/C14H10Cl2O3/c1-19-14(18)10-6-8(2-4-11(10)15)9-3-5-13(17)12(16)7-9/h2-7,17H,1H3. The third kappa shape index (κ3) is 2.83. The maximum absolute atomic E-state index is 11.6. The summed E-state index contributed by atoms with van der Waals surface area (Å²) in [6.07, 6.45) is 0. The molecule has 98 valence electrons. The molecule has 0 amide bonds. The molecule has 0 aliphatic carbocycles. The van der Waals surface area contributed by atoms with E-state index in [4.69, 9.17) is 23.2 Å². The lowest BCUT2D eigenvalue weighted by Crippen LogP contribution is -2.02. The van der Waals surface area contributed by atoms with E-state index in [-0.39, 0.29) is 16.3 Å². The van der Waals surface area contributed by atoms with Crippen LogP contribution >= 0.6 is 23.2 Å². The zero-order valence-corrected chi connectivity index (χ0v) is 11.5. The molecule has 0 spiro atoms. The first kappa shape index (κ1) is 13.7. The van der Waals surface area contributed by atoms with E-state index in [0.29, 0.717) is 5.02 Å². The van der Waals surface area contributed by atoms with Crippen LogP contribution in [0.1, 0.15) is 10.4 Å². The third-order valence-electron chi connectivity index (χ3n) is 2.65. The number of methoxy groups -OCH3 is 1. The van der Waals surface area contributed by atoms with Gasteiger partial charge in [0.1, 0.15) is 5.75 Å². The van der Waals surface area contributed by atoms with Gasteiger partial charge in [0.2, 0.25) is 0 Å². The summed E-state index contributed by atoms with van der Waals surface area (Å²) in [5.41, 5.74) is 1.81. The molecule has 0 bridgehead atoms. The summed E-state index contributed by atoms with van der Waals surface area (Å²) in [5.74, 6) is -0.496. The van der Waals surface area contributed by atoms with Gasteiger partial charge in [-0.2, -0.15) is 0 Å². The Morgan fingerprint density at radius 1 is 1.05 bits per heavy atom. The topological polar surface area (TPSA) is 46.5 Å². The number of hydrogen-bond acceptors (Lipinski definition) is 3. The summed E-state index contributed by atoms with van der Waals surface area (Å²) >= 11 is 11.8. The van der Waals surface area contributed by atoms with Crippen molar-refractivity contribution in [2.24, 2.45) is 0 Å². The molecule has 1 N–H and O–H groups in total. The van der Waals surface area contributed by atoms with E-state index < -0.39 is 5.97 Å². The quantitative estimate of drug-likeness (QED) is 0.847. The normalized spacial score (nSPS) is 10.3. The molecule has 0 radical (unpaired) electrons. The first-order chi connectivity index (χ1) is 9.02. The Hall–Kier alpha value is -1.71. The lowest BCUT2D eigenvalue weighted by atomic mass is 10.0. The maximum atomic E-state index is 11.6. The van der Waals surface area contributed by atoms with Crippen LogP contribution in [-0.2, 0) is 4.74 Å². The van der Waals surface area contributed by atoms with Gasteiger partial charge in [0, 0.05) is 0 Å². The van der Waals surface area contributed by atoms with E-state index in [1.807, 2.05) is 0 Å². The summed E-state index contributed by atoms with van der Waals surface area (Å²) in [6.45, 7) is 0. The minimum Gasteiger partial charge on any atom is -0.506 e. The van der Waals surface area contributed by atoms with Gasteiger partial charge < -0.3 is 9.84 Å². The molecule has 0 saturated carbocycles. The van der Waals surface area contributed by atoms with E-state index in [1.165, 1.54) is 13.2 Å². The Balaban J connectivity index is 2.51. The number of phenolic OH excluding ortho intramolecular Hbond substituents is 1. The predicted molar refractivity (Wildman–Crippen MR) is 74.9 cm³/mol. The Bertz CT molecular complexity index is 639. The first-order valence-corrected chi connectivity index (χ1v) is 6.15. The van der Waals surface area contributed by atoms with Crippen molar-refractivity contribution in [3.63, 3.8) is 0 Å². The fourth-order valence-corrected chi connectivity index (χ4v) is 2.03. The van der Waals surface area contributed by atoms with Gasteiger partial charge in [0.15, 0.2) is 0 Å². The van der Waals surface area contributed by atoms with Crippen LogP contribution < -0.4 is 0 Å². The van der Waals surface area contributed by atoms with Crippen LogP contribution in [0, 0.1) is 0 Å². The van der Waals surface area contributed by atoms with Crippen molar-refractivity contribution in [2.45, 2.75) is 0 Å². The molecule has 2 aromatic rings. The van der Waals surface area contributed by atoms with Gasteiger partial charge in [-0.3, -0.25) is 0 Å². The molecule has 0 aromatic heterocycles. The minimum atomic E-state index is -0.503. The largest absolute Gasteiger partial charge is 0.506 e. The molecule has 0 fully saturated rings. The Morgan fingerprint density at radius 2 is 1.68 bits per heavy atom. The molecule has 0 saturated heterocycles. The monoisotopic (exact) mass is 296 g/mol. The number of ether oxygens (including phenoxy) is 1. The number of hydrogen-bond donors (Lipinski definition) is 1. The highest BCUT2D eigenvalue weighted by molar-refractivity contribution is 6.34. The van der Waals surface area contributed by atoms with Crippen molar-refractivity contribution < 1.29 is 14.6 Å². The molecular weight excluding hydrogens is 287 g/mol. The van der Waals surface area contributed by atoms with E-state index in [9.17, 15) is 9.90 Å². The number of rotatable bonds is 2. The second-order valence-corrected chi connectivity index (χ2v) is 4.67. The average Bonchev–Trinajstić information content (AvgIpc) is 2.41.